The molecule has 0 unspecified atom stereocenters. The van der Waals surface area contributed by atoms with Gasteiger partial charge in [0.1, 0.15) is 6.04 Å². The van der Waals surface area contributed by atoms with E-state index in [1.165, 1.54) is 5.56 Å². The number of hydrogen-bond acceptors (Lipinski definition) is 2. The van der Waals surface area contributed by atoms with Crippen molar-refractivity contribution in [2.45, 2.75) is 65.6 Å². The predicted molar refractivity (Wildman–Crippen MR) is 148 cm³/mol. The molecule has 0 aliphatic rings. The van der Waals surface area contributed by atoms with Gasteiger partial charge in [0, 0.05) is 19.0 Å². The first kappa shape index (κ1) is 27.8. The van der Waals surface area contributed by atoms with Crippen LogP contribution in [0, 0.1) is 13.8 Å². The highest BCUT2D eigenvalue weighted by atomic mass is 35.5. The van der Waals surface area contributed by atoms with Crippen LogP contribution in [-0.4, -0.2) is 28.8 Å². The molecule has 1 N–H and O–H groups in total. The average molecular weight is 526 g/mol. The lowest BCUT2D eigenvalue weighted by Crippen LogP contribution is -2.52. The van der Waals surface area contributed by atoms with Gasteiger partial charge in [0.15, 0.2) is 0 Å². The predicted octanol–water partition coefficient (Wildman–Crippen LogP) is 6.71. The number of hydrogen-bond donors (Lipinski definition) is 1. The minimum absolute atomic E-state index is 0.00236. The van der Waals surface area contributed by atoms with E-state index in [2.05, 4.69) is 5.32 Å². The summed E-state index contributed by atoms with van der Waals surface area (Å²) in [5, 5.41) is 3.96. The van der Waals surface area contributed by atoms with Crippen LogP contribution in [0.15, 0.2) is 66.7 Å². The Kier molecular flexibility index (Phi) is 9.98. The smallest absolute Gasteiger partial charge is 0.243 e. The van der Waals surface area contributed by atoms with Gasteiger partial charge in [-0.15, -0.1) is 0 Å². The average Bonchev–Trinajstić information content (AvgIpc) is 2.86. The first-order chi connectivity index (χ1) is 17.2. The molecule has 3 aromatic carbocycles. The Hall–Kier alpha value is -2.82. The van der Waals surface area contributed by atoms with Crippen LogP contribution >= 0.6 is 23.2 Å². The van der Waals surface area contributed by atoms with Gasteiger partial charge >= 0.3 is 0 Å². The number of nitrogens with one attached hydrogen (secondary N) is 1. The molecule has 0 fully saturated rings. The lowest BCUT2D eigenvalue weighted by atomic mass is 10.00. The summed E-state index contributed by atoms with van der Waals surface area (Å²) in [6.45, 7) is 8.32. The fourth-order valence-corrected chi connectivity index (χ4v) is 4.34. The molecule has 0 heterocycles. The van der Waals surface area contributed by atoms with Crippen molar-refractivity contribution in [2.24, 2.45) is 0 Å². The molecule has 0 aliphatic heterocycles. The quantitative estimate of drug-likeness (QED) is 0.320. The summed E-state index contributed by atoms with van der Waals surface area (Å²) >= 11 is 12.4. The van der Waals surface area contributed by atoms with E-state index >= 15 is 0 Å². The van der Waals surface area contributed by atoms with E-state index in [1.807, 2.05) is 82.3 Å². The van der Waals surface area contributed by atoms with Crippen molar-refractivity contribution in [1.29, 1.82) is 0 Å². The Labute approximate surface area is 224 Å². The van der Waals surface area contributed by atoms with Crippen molar-refractivity contribution in [1.82, 2.24) is 10.2 Å². The zero-order valence-electron chi connectivity index (χ0n) is 21.4. The molecule has 0 spiro atoms. The van der Waals surface area contributed by atoms with Crippen molar-refractivity contribution >= 4 is 35.0 Å². The highest BCUT2D eigenvalue weighted by Crippen LogP contribution is 2.25. The number of rotatable bonds is 10. The van der Waals surface area contributed by atoms with Crippen molar-refractivity contribution in [3.63, 3.8) is 0 Å². The van der Waals surface area contributed by atoms with Gasteiger partial charge < -0.3 is 10.2 Å². The maximum absolute atomic E-state index is 13.8. The van der Waals surface area contributed by atoms with Crippen LogP contribution in [0.1, 0.15) is 48.1 Å². The molecule has 2 amide bonds. The molecule has 6 heteroatoms. The highest BCUT2D eigenvalue weighted by molar-refractivity contribution is 6.42. The fraction of sp³-hybridized carbons (Fsp3) is 0.333. The number of halogens is 2. The van der Waals surface area contributed by atoms with E-state index in [1.54, 1.807) is 17.0 Å². The maximum atomic E-state index is 13.8. The van der Waals surface area contributed by atoms with Crippen LogP contribution in [0.2, 0.25) is 10.0 Å². The van der Waals surface area contributed by atoms with Gasteiger partial charge in [-0.3, -0.25) is 9.59 Å². The largest absolute Gasteiger partial charge is 0.352 e. The summed E-state index contributed by atoms with van der Waals surface area (Å²) in [6, 6.07) is 20.5. The van der Waals surface area contributed by atoms with E-state index in [4.69, 9.17) is 23.2 Å². The molecule has 0 aromatic heterocycles. The number of amides is 2. The van der Waals surface area contributed by atoms with Crippen molar-refractivity contribution < 1.29 is 9.59 Å². The van der Waals surface area contributed by atoms with Crippen LogP contribution in [0.4, 0.5) is 0 Å². The second kappa shape index (κ2) is 12.9. The summed E-state index contributed by atoms with van der Waals surface area (Å²) in [7, 11) is 0. The summed E-state index contributed by atoms with van der Waals surface area (Å²) in [5.74, 6) is -0.286. The van der Waals surface area contributed by atoms with Crippen LogP contribution in [0.3, 0.4) is 0 Å². The summed E-state index contributed by atoms with van der Waals surface area (Å²) in [4.78, 5) is 29.1. The zero-order chi connectivity index (χ0) is 26.2. The number of benzene rings is 3. The van der Waals surface area contributed by atoms with Gasteiger partial charge in [-0.05, 0) is 67.1 Å². The topological polar surface area (TPSA) is 49.4 Å². The summed E-state index contributed by atoms with van der Waals surface area (Å²) < 4.78 is 0. The molecule has 0 saturated heterocycles. The number of nitrogens with zero attached hydrogens (tertiary/aromatic N) is 1. The molecule has 3 aromatic rings. The summed E-state index contributed by atoms with van der Waals surface area (Å²) in [5.41, 5.74) is 5.02. The normalized spacial score (nSPS) is 12.6. The van der Waals surface area contributed by atoms with Crippen molar-refractivity contribution in [3.8, 4) is 0 Å². The molecule has 0 bridgehead atoms. The van der Waals surface area contributed by atoms with Gasteiger partial charge in [-0.25, -0.2) is 0 Å². The number of aryl methyl sites for hydroxylation is 2. The van der Waals surface area contributed by atoms with Crippen LogP contribution < -0.4 is 5.32 Å². The van der Waals surface area contributed by atoms with E-state index in [9.17, 15) is 9.59 Å². The molecule has 0 radical (unpaired) electrons. The van der Waals surface area contributed by atoms with Gasteiger partial charge in [0.05, 0.1) is 16.5 Å². The first-order valence-corrected chi connectivity index (χ1v) is 13.1. The van der Waals surface area contributed by atoms with Gasteiger partial charge in [0.2, 0.25) is 11.8 Å². The SMILES string of the molecule is CC[C@H](C)NC(=O)[C@@H](Cc1ccccc1)N(Cc1ccc(Cl)c(Cl)c1)C(=O)Cc1ccc(C)c(C)c1. The Morgan fingerprint density at radius 2 is 1.56 bits per heavy atom. The van der Waals surface area contributed by atoms with Crippen LogP contribution in [-0.2, 0) is 29.0 Å². The first-order valence-electron chi connectivity index (χ1n) is 12.3. The lowest BCUT2D eigenvalue weighted by molar-refractivity contribution is -0.141. The van der Waals surface area contributed by atoms with Gasteiger partial charge in [-0.2, -0.15) is 0 Å². The Balaban J connectivity index is 2.00. The van der Waals surface area contributed by atoms with Crippen molar-refractivity contribution in [3.05, 3.63) is 105 Å². The standard InChI is InChI=1S/C30H34Cl2N2O2/c1-5-22(4)33-30(36)28(17-23-9-7-6-8-10-23)34(19-25-13-14-26(31)27(32)16-25)29(35)18-24-12-11-20(2)21(3)15-24/h6-16,22,28H,5,17-19H2,1-4H3,(H,33,36)/t22-,28+/m0/s1. The van der Waals surface area contributed by atoms with E-state index < -0.39 is 6.04 Å². The molecule has 4 nitrogen and oxygen atoms in total. The monoisotopic (exact) mass is 524 g/mol. The maximum Gasteiger partial charge on any atom is 0.243 e. The lowest BCUT2D eigenvalue weighted by Gasteiger charge is -2.32. The third-order valence-corrected chi connectivity index (χ3v) is 7.27. The molecule has 2 atom stereocenters. The minimum atomic E-state index is -0.685. The van der Waals surface area contributed by atoms with Crippen molar-refractivity contribution in [2.75, 3.05) is 0 Å². The van der Waals surface area contributed by atoms with Crippen LogP contribution in [0.5, 0.6) is 0 Å². The Bertz CT molecular complexity index is 1200. The number of carbonyl (C=O) groups excluding carboxylic acids is 2. The minimum Gasteiger partial charge on any atom is -0.352 e. The second-order valence-corrected chi connectivity index (χ2v) is 10.2. The molecule has 36 heavy (non-hydrogen) atoms. The molecular formula is C30H34Cl2N2O2. The number of carbonyl (C=O) groups is 2. The third-order valence-electron chi connectivity index (χ3n) is 6.54. The third kappa shape index (κ3) is 7.59. The van der Waals surface area contributed by atoms with E-state index in [0.717, 1.165) is 28.7 Å². The fourth-order valence-electron chi connectivity index (χ4n) is 4.02. The summed E-state index contributed by atoms with van der Waals surface area (Å²) in [6.07, 6.45) is 1.40. The van der Waals surface area contributed by atoms with E-state index in [0.29, 0.717) is 16.5 Å². The zero-order valence-corrected chi connectivity index (χ0v) is 22.9. The molecular weight excluding hydrogens is 491 g/mol. The Morgan fingerprint density at radius 3 is 2.19 bits per heavy atom. The second-order valence-electron chi connectivity index (χ2n) is 9.39. The molecule has 3 rings (SSSR count). The van der Waals surface area contributed by atoms with Gasteiger partial charge in [0.25, 0.3) is 0 Å². The van der Waals surface area contributed by atoms with E-state index in [-0.39, 0.29) is 30.8 Å². The molecule has 190 valence electrons. The van der Waals surface area contributed by atoms with Crippen LogP contribution in [0.25, 0.3) is 0 Å². The Morgan fingerprint density at radius 1 is 0.861 bits per heavy atom. The van der Waals surface area contributed by atoms with Gasteiger partial charge in [-0.1, -0.05) is 84.7 Å². The highest BCUT2D eigenvalue weighted by Gasteiger charge is 2.31. The molecule has 0 aliphatic carbocycles. The molecule has 0 saturated carbocycles.